The first kappa shape index (κ1) is 18.9. The van der Waals surface area contributed by atoms with Gasteiger partial charge in [0.1, 0.15) is 5.75 Å². The number of nitrogens with two attached hydrogens (primary N) is 1. The Bertz CT molecular complexity index is 717. The number of amides is 2. The number of anilines is 1. The van der Waals surface area contributed by atoms with Crippen molar-refractivity contribution in [1.29, 1.82) is 0 Å². The van der Waals surface area contributed by atoms with Crippen molar-refractivity contribution >= 4 is 29.3 Å². The first-order chi connectivity index (χ1) is 12.1. The molecule has 0 saturated heterocycles. The summed E-state index contributed by atoms with van der Waals surface area (Å²) in [6, 6.07) is 14.4. The summed E-state index contributed by atoms with van der Waals surface area (Å²) in [5, 5.41) is 2.87. The Morgan fingerprint density at radius 2 is 1.84 bits per heavy atom. The van der Waals surface area contributed by atoms with Crippen molar-refractivity contribution in [3.63, 3.8) is 0 Å². The highest BCUT2D eigenvalue weighted by molar-refractivity contribution is 8.00. The van der Waals surface area contributed by atoms with Crippen molar-refractivity contribution in [3.8, 4) is 5.75 Å². The molecule has 25 heavy (non-hydrogen) atoms. The second-order valence-corrected chi connectivity index (χ2v) is 6.45. The number of nitrogens with one attached hydrogen (secondary N) is 1. The van der Waals surface area contributed by atoms with Gasteiger partial charge in [0.25, 0.3) is 5.91 Å². The topological polar surface area (TPSA) is 81.4 Å². The number of carbonyl (C=O) groups is 2. The minimum atomic E-state index is -0.398. The molecule has 0 fully saturated rings. The molecule has 2 aromatic carbocycles. The first-order valence-corrected chi connectivity index (χ1v) is 9.13. The molecule has 6 heteroatoms. The van der Waals surface area contributed by atoms with Gasteiger partial charge in [-0.05, 0) is 42.8 Å². The number of carbonyl (C=O) groups excluding carboxylic acids is 2. The highest BCUT2D eigenvalue weighted by Gasteiger charge is 2.10. The smallest absolute Gasteiger partial charge is 0.255 e. The SMILES string of the molecule is CCCCOc1ccc(C(=O)Nc2ccccc2SCC(N)=O)cc1. The maximum absolute atomic E-state index is 12.4. The van der Waals surface area contributed by atoms with Gasteiger partial charge in [-0.1, -0.05) is 25.5 Å². The summed E-state index contributed by atoms with van der Waals surface area (Å²) < 4.78 is 5.59. The molecule has 0 bridgehead atoms. The van der Waals surface area contributed by atoms with E-state index in [0.29, 0.717) is 17.9 Å². The van der Waals surface area contributed by atoms with E-state index in [-0.39, 0.29) is 11.7 Å². The first-order valence-electron chi connectivity index (χ1n) is 8.14. The van der Waals surface area contributed by atoms with Crippen molar-refractivity contribution in [2.75, 3.05) is 17.7 Å². The molecule has 0 saturated carbocycles. The molecule has 2 aromatic rings. The summed E-state index contributed by atoms with van der Waals surface area (Å²) in [4.78, 5) is 24.2. The van der Waals surface area contributed by atoms with E-state index in [1.165, 1.54) is 11.8 Å². The van der Waals surface area contributed by atoms with E-state index in [1.54, 1.807) is 30.3 Å². The van der Waals surface area contributed by atoms with E-state index in [9.17, 15) is 9.59 Å². The zero-order chi connectivity index (χ0) is 18.1. The summed E-state index contributed by atoms with van der Waals surface area (Å²) in [7, 11) is 0. The van der Waals surface area contributed by atoms with Crippen LogP contribution in [0.3, 0.4) is 0 Å². The van der Waals surface area contributed by atoms with Crippen LogP contribution in [0.2, 0.25) is 0 Å². The number of para-hydroxylation sites is 1. The van der Waals surface area contributed by atoms with Crippen LogP contribution >= 0.6 is 11.8 Å². The lowest BCUT2D eigenvalue weighted by Crippen LogP contribution is -2.14. The zero-order valence-electron chi connectivity index (χ0n) is 14.2. The molecule has 0 aliphatic heterocycles. The third kappa shape index (κ3) is 6.15. The average molecular weight is 358 g/mol. The summed E-state index contributed by atoms with van der Waals surface area (Å²) in [5.74, 6) is 0.302. The van der Waals surface area contributed by atoms with E-state index >= 15 is 0 Å². The Hall–Kier alpha value is -2.47. The number of rotatable bonds is 9. The molecule has 0 unspecified atom stereocenters. The van der Waals surface area contributed by atoms with Crippen molar-refractivity contribution < 1.29 is 14.3 Å². The number of thioether (sulfide) groups is 1. The Morgan fingerprint density at radius 3 is 2.52 bits per heavy atom. The molecule has 0 aliphatic carbocycles. The van der Waals surface area contributed by atoms with Gasteiger partial charge in [0.05, 0.1) is 18.0 Å². The normalized spacial score (nSPS) is 10.3. The van der Waals surface area contributed by atoms with Crippen molar-refractivity contribution in [2.45, 2.75) is 24.7 Å². The predicted octanol–water partition coefficient (Wildman–Crippen LogP) is 3.70. The fraction of sp³-hybridized carbons (Fsp3) is 0.263. The van der Waals surface area contributed by atoms with E-state index in [4.69, 9.17) is 10.5 Å². The largest absolute Gasteiger partial charge is 0.494 e. The number of ether oxygens (including phenoxy) is 1. The van der Waals surface area contributed by atoms with Crippen LogP contribution in [0.1, 0.15) is 30.1 Å². The molecule has 0 spiro atoms. The van der Waals surface area contributed by atoms with Crippen molar-refractivity contribution in [2.24, 2.45) is 5.73 Å². The van der Waals surface area contributed by atoms with Crippen LogP contribution < -0.4 is 15.8 Å². The van der Waals surface area contributed by atoms with Crippen molar-refractivity contribution in [3.05, 3.63) is 54.1 Å². The van der Waals surface area contributed by atoms with Crippen LogP contribution in [-0.2, 0) is 4.79 Å². The molecule has 5 nitrogen and oxygen atoms in total. The monoisotopic (exact) mass is 358 g/mol. The molecular formula is C19H22N2O3S. The number of primary amides is 1. The molecule has 0 aliphatic rings. The average Bonchev–Trinajstić information content (AvgIpc) is 2.61. The number of benzene rings is 2. The molecule has 0 radical (unpaired) electrons. The summed E-state index contributed by atoms with van der Waals surface area (Å²) in [6.07, 6.45) is 2.08. The molecule has 2 amide bonds. The number of hydrogen-bond acceptors (Lipinski definition) is 4. The van der Waals surface area contributed by atoms with Gasteiger partial charge < -0.3 is 15.8 Å². The second-order valence-electron chi connectivity index (χ2n) is 5.43. The van der Waals surface area contributed by atoms with Crippen LogP contribution in [0.15, 0.2) is 53.4 Å². The second kappa shape index (κ2) is 9.74. The number of unbranched alkanes of at least 4 members (excludes halogenated alkanes) is 1. The Labute approximate surface area is 151 Å². The van der Waals surface area contributed by atoms with Crippen LogP contribution in [0, 0.1) is 0 Å². The van der Waals surface area contributed by atoms with Gasteiger partial charge in [-0.3, -0.25) is 9.59 Å². The minimum Gasteiger partial charge on any atom is -0.494 e. The van der Waals surface area contributed by atoms with Gasteiger partial charge in [-0.15, -0.1) is 11.8 Å². The van der Waals surface area contributed by atoms with E-state index in [0.717, 1.165) is 23.5 Å². The molecule has 132 valence electrons. The van der Waals surface area contributed by atoms with Crippen LogP contribution in [0.25, 0.3) is 0 Å². The third-order valence-electron chi connectivity index (χ3n) is 3.39. The van der Waals surface area contributed by atoms with Gasteiger partial charge in [-0.25, -0.2) is 0 Å². The molecule has 2 rings (SSSR count). The quantitative estimate of drug-likeness (QED) is 0.529. The van der Waals surface area contributed by atoms with E-state index < -0.39 is 5.91 Å². The minimum absolute atomic E-state index is 0.163. The summed E-state index contributed by atoms with van der Waals surface area (Å²) >= 11 is 1.30. The fourth-order valence-electron chi connectivity index (χ4n) is 2.08. The highest BCUT2D eigenvalue weighted by atomic mass is 32.2. The third-order valence-corrected chi connectivity index (χ3v) is 4.48. The summed E-state index contributed by atoms with van der Waals surface area (Å²) in [6.45, 7) is 2.78. The van der Waals surface area contributed by atoms with Gasteiger partial charge >= 0.3 is 0 Å². The Kier molecular flexibility index (Phi) is 7.35. The zero-order valence-corrected chi connectivity index (χ0v) is 15.0. The van der Waals surface area contributed by atoms with Gasteiger partial charge in [-0.2, -0.15) is 0 Å². The van der Waals surface area contributed by atoms with Crippen LogP contribution in [0.5, 0.6) is 5.75 Å². The van der Waals surface area contributed by atoms with Crippen molar-refractivity contribution in [1.82, 2.24) is 0 Å². The Morgan fingerprint density at radius 1 is 1.12 bits per heavy atom. The van der Waals surface area contributed by atoms with E-state index in [1.807, 2.05) is 18.2 Å². The van der Waals surface area contributed by atoms with E-state index in [2.05, 4.69) is 12.2 Å². The molecular weight excluding hydrogens is 336 g/mol. The Balaban J connectivity index is 2.01. The lowest BCUT2D eigenvalue weighted by molar-refractivity contribution is -0.115. The standard InChI is InChI=1S/C19H22N2O3S/c1-2-3-12-24-15-10-8-14(9-11-15)19(23)21-16-6-4-5-7-17(16)25-13-18(20)22/h4-11H,2-3,12-13H2,1H3,(H2,20,22)(H,21,23). The molecule has 3 N–H and O–H groups in total. The lowest BCUT2D eigenvalue weighted by Gasteiger charge is -2.11. The van der Waals surface area contributed by atoms with Crippen LogP contribution in [0.4, 0.5) is 5.69 Å². The number of hydrogen-bond donors (Lipinski definition) is 2. The fourth-order valence-corrected chi connectivity index (χ4v) is 2.82. The van der Waals surface area contributed by atoms with Gasteiger partial charge in [0.2, 0.25) is 5.91 Å². The van der Waals surface area contributed by atoms with Gasteiger partial charge in [0, 0.05) is 10.5 Å². The molecule has 0 heterocycles. The van der Waals surface area contributed by atoms with Crippen LogP contribution in [-0.4, -0.2) is 24.2 Å². The summed E-state index contributed by atoms with van der Waals surface area (Å²) in [5.41, 5.74) is 6.38. The highest BCUT2D eigenvalue weighted by Crippen LogP contribution is 2.27. The van der Waals surface area contributed by atoms with Gasteiger partial charge in [0.15, 0.2) is 0 Å². The maximum atomic E-state index is 12.4. The molecule has 0 atom stereocenters. The maximum Gasteiger partial charge on any atom is 0.255 e. The molecule has 0 aromatic heterocycles. The lowest BCUT2D eigenvalue weighted by atomic mass is 10.2. The predicted molar refractivity (Wildman–Crippen MR) is 101 cm³/mol.